The lowest BCUT2D eigenvalue weighted by Crippen LogP contribution is -2.24. The smallest absolute Gasteiger partial charge is 0.279 e. The van der Waals surface area contributed by atoms with Crippen LogP contribution in [-0.2, 0) is 10.0 Å². The van der Waals surface area contributed by atoms with E-state index in [2.05, 4.69) is 9.71 Å². The summed E-state index contributed by atoms with van der Waals surface area (Å²) in [5.74, 6) is -2.76. The number of allylic oxidation sites excluding steroid dienone is 3. The second-order valence-corrected chi connectivity index (χ2v) is 7.20. The molecular weight excluding hydrogens is 372 g/mol. The Kier molecular flexibility index (Phi) is 4.57. The number of nitrogens with one attached hydrogen (secondary N) is 1. The van der Waals surface area contributed by atoms with Crippen LogP contribution < -0.4 is 4.72 Å². The Bertz CT molecular complexity index is 966. The molecule has 1 aromatic heterocycles. The van der Waals surface area contributed by atoms with Gasteiger partial charge in [0.05, 0.1) is 16.5 Å². The molecule has 2 aromatic rings. The first-order valence-corrected chi connectivity index (χ1v) is 8.86. The fourth-order valence-corrected chi connectivity index (χ4v) is 3.56. The maximum Gasteiger partial charge on any atom is 0.398 e. The molecule has 0 fully saturated rings. The number of rotatable bonds is 4. The molecule has 0 spiro atoms. The molecule has 9 heteroatoms. The lowest BCUT2D eigenvalue weighted by atomic mass is 10.1. The van der Waals surface area contributed by atoms with Gasteiger partial charge in [-0.05, 0) is 30.3 Å². The van der Waals surface area contributed by atoms with Crippen LogP contribution >= 0.6 is 0 Å². The molecule has 3 rings (SSSR count). The molecule has 0 saturated heterocycles. The Morgan fingerprint density at radius 2 is 1.69 bits per heavy atom. The van der Waals surface area contributed by atoms with E-state index >= 15 is 0 Å². The summed E-state index contributed by atoms with van der Waals surface area (Å²) in [4.78, 5) is 3.32. The van der Waals surface area contributed by atoms with Crippen LogP contribution in [0.3, 0.4) is 0 Å². The molecule has 1 unspecified atom stereocenters. The summed E-state index contributed by atoms with van der Waals surface area (Å²) in [5, 5.41) is 0. The summed E-state index contributed by atoms with van der Waals surface area (Å²) in [6, 6.07) is 9.47. The van der Waals surface area contributed by atoms with E-state index in [1.807, 2.05) is 0 Å². The first kappa shape index (κ1) is 18.1. The van der Waals surface area contributed by atoms with Crippen molar-refractivity contribution < 1.29 is 26.0 Å². The summed E-state index contributed by atoms with van der Waals surface area (Å²) in [6.45, 7) is 0. The fourth-order valence-electron chi connectivity index (χ4n) is 2.45. The number of hydrogen-bond acceptors (Lipinski definition) is 3. The quantitative estimate of drug-likeness (QED) is 0.647. The molecule has 1 aliphatic rings. The van der Waals surface area contributed by atoms with E-state index in [0.717, 1.165) is 24.4 Å². The molecule has 1 aliphatic carbocycles. The van der Waals surface area contributed by atoms with E-state index in [1.54, 1.807) is 6.07 Å². The number of pyridine rings is 1. The molecule has 1 heterocycles. The van der Waals surface area contributed by atoms with Crippen molar-refractivity contribution in [3.63, 3.8) is 0 Å². The van der Waals surface area contributed by atoms with Crippen LogP contribution in [0.4, 0.5) is 17.6 Å². The lowest BCUT2D eigenvalue weighted by molar-refractivity contribution is -0.148. The Labute approximate surface area is 146 Å². The largest absolute Gasteiger partial charge is 0.398 e. The third kappa shape index (κ3) is 3.77. The Morgan fingerprint density at radius 3 is 2.27 bits per heavy atom. The number of sulfonamides is 1. The van der Waals surface area contributed by atoms with Crippen molar-refractivity contribution in [2.45, 2.75) is 11.1 Å². The van der Waals surface area contributed by atoms with Crippen LogP contribution in [0.1, 0.15) is 5.56 Å². The molecular formula is C17H12F4N2O2S. The van der Waals surface area contributed by atoms with E-state index in [-0.39, 0.29) is 21.7 Å². The Morgan fingerprint density at radius 1 is 1.00 bits per heavy atom. The summed E-state index contributed by atoms with van der Waals surface area (Å²) in [7, 11) is -4.08. The van der Waals surface area contributed by atoms with Crippen LogP contribution in [0.2, 0.25) is 0 Å². The third-order valence-corrected chi connectivity index (χ3v) is 5.08. The highest BCUT2D eigenvalue weighted by atomic mass is 32.2. The molecule has 1 atom stereocenters. The van der Waals surface area contributed by atoms with Crippen molar-refractivity contribution >= 4 is 15.6 Å². The number of hydrogen-bond donors (Lipinski definition) is 1. The molecule has 1 N–H and O–H groups in total. The van der Waals surface area contributed by atoms with E-state index in [4.69, 9.17) is 0 Å². The van der Waals surface area contributed by atoms with Crippen molar-refractivity contribution in [2.24, 2.45) is 5.92 Å². The predicted molar refractivity (Wildman–Crippen MR) is 86.6 cm³/mol. The van der Waals surface area contributed by atoms with Gasteiger partial charge >= 0.3 is 6.18 Å². The fraction of sp³-hybridized carbons (Fsp3) is 0.118. The molecule has 0 aliphatic heterocycles. The van der Waals surface area contributed by atoms with Crippen LogP contribution in [-0.4, -0.2) is 19.6 Å². The highest BCUT2D eigenvalue weighted by Crippen LogP contribution is 2.39. The maximum absolute atomic E-state index is 13.1. The average molecular weight is 384 g/mol. The molecule has 136 valence electrons. The van der Waals surface area contributed by atoms with Gasteiger partial charge in [0.25, 0.3) is 10.0 Å². The average Bonchev–Trinajstić information content (AvgIpc) is 3.00. The number of nitrogens with zero attached hydrogens (tertiary/aromatic N) is 1. The van der Waals surface area contributed by atoms with Gasteiger partial charge in [-0.15, -0.1) is 0 Å². The van der Waals surface area contributed by atoms with Crippen LogP contribution in [0.25, 0.3) is 5.57 Å². The van der Waals surface area contributed by atoms with Crippen molar-refractivity contribution in [1.82, 2.24) is 9.71 Å². The number of benzene rings is 1. The zero-order chi connectivity index (χ0) is 18.9. The zero-order valence-electron chi connectivity index (χ0n) is 13.0. The Hall–Kier alpha value is -2.68. The van der Waals surface area contributed by atoms with E-state index in [0.29, 0.717) is 0 Å². The topological polar surface area (TPSA) is 59.1 Å². The zero-order valence-corrected chi connectivity index (χ0v) is 13.9. The van der Waals surface area contributed by atoms with Gasteiger partial charge in [0.1, 0.15) is 0 Å². The molecule has 0 bridgehead atoms. The molecule has 4 nitrogen and oxygen atoms in total. The predicted octanol–water partition coefficient (Wildman–Crippen LogP) is 3.66. The lowest BCUT2D eigenvalue weighted by Gasteiger charge is -2.12. The number of aromatic nitrogens is 1. The summed E-state index contributed by atoms with van der Waals surface area (Å²) < 4.78 is 79.4. The van der Waals surface area contributed by atoms with Crippen LogP contribution in [0, 0.1) is 11.9 Å². The van der Waals surface area contributed by atoms with Gasteiger partial charge in [-0.25, -0.2) is 13.4 Å². The second-order valence-electron chi connectivity index (χ2n) is 5.52. The van der Waals surface area contributed by atoms with Gasteiger partial charge in [-0.1, -0.05) is 24.3 Å². The first-order valence-electron chi connectivity index (χ1n) is 7.37. The first-order chi connectivity index (χ1) is 12.2. The van der Waals surface area contributed by atoms with Crippen LogP contribution in [0.15, 0.2) is 71.4 Å². The molecule has 0 amide bonds. The molecule has 26 heavy (non-hydrogen) atoms. The van der Waals surface area contributed by atoms with Gasteiger partial charge in [-0.2, -0.15) is 17.6 Å². The van der Waals surface area contributed by atoms with Gasteiger partial charge < -0.3 is 0 Å². The highest BCUT2D eigenvalue weighted by Gasteiger charge is 2.41. The maximum atomic E-state index is 13.1. The van der Waals surface area contributed by atoms with E-state index < -0.39 is 28.1 Å². The van der Waals surface area contributed by atoms with Crippen LogP contribution in [0.5, 0.6) is 0 Å². The minimum absolute atomic E-state index is 0.0145. The number of halogens is 4. The SMILES string of the molecule is O=S(=O)(NC1=CC(C(F)(F)F)C=C1c1ccc(F)nc1)c1ccccc1. The number of alkyl halides is 3. The molecule has 1 aromatic carbocycles. The van der Waals surface area contributed by atoms with E-state index in [1.165, 1.54) is 30.3 Å². The Balaban J connectivity index is 2.00. The standard InChI is InChI=1S/C17H12F4N2O2S/c18-16-7-6-11(10-22-16)14-8-12(17(19,20)21)9-15(14)23-26(24,25)13-4-2-1-3-5-13/h1-10,12,23H. The van der Waals surface area contributed by atoms with Crippen molar-refractivity contribution in [2.75, 3.05) is 0 Å². The normalized spacial score (nSPS) is 17.6. The highest BCUT2D eigenvalue weighted by molar-refractivity contribution is 7.89. The summed E-state index contributed by atoms with van der Waals surface area (Å²) in [6.07, 6.45) is -1.89. The van der Waals surface area contributed by atoms with Gasteiger partial charge in [0.2, 0.25) is 5.95 Å². The molecule has 0 radical (unpaired) electrons. The van der Waals surface area contributed by atoms with Crippen molar-refractivity contribution in [3.05, 3.63) is 78.0 Å². The van der Waals surface area contributed by atoms with Gasteiger partial charge in [0.15, 0.2) is 0 Å². The van der Waals surface area contributed by atoms with E-state index in [9.17, 15) is 26.0 Å². The van der Waals surface area contributed by atoms with Crippen molar-refractivity contribution in [3.8, 4) is 0 Å². The minimum atomic E-state index is -4.58. The van der Waals surface area contributed by atoms with Gasteiger partial charge in [0, 0.05) is 17.3 Å². The monoisotopic (exact) mass is 384 g/mol. The second kappa shape index (κ2) is 6.56. The van der Waals surface area contributed by atoms with Gasteiger partial charge in [-0.3, -0.25) is 4.72 Å². The van der Waals surface area contributed by atoms with Crippen molar-refractivity contribution in [1.29, 1.82) is 0 Å². The minimum Gasteiger partial charge on any atom is -0.279 e. The third-order valence-electron chi connectivity index (χ3n) is 3.70. The summed E-state index contributed by atoms with van der Waals surface area (Å²) >= 11 is 0. The summed E-state index contributed by atoms with van der Waals surface area (Å²) in [5.41, 5.74) is -0.0796. The molecule has 0 saturated carbocycles.